The van der Waals surface area contributed by atoms with Gasteiger partial charge in [0, 0.05) is 19.4 Å². The predicted octanol–water partition coefficient (Wildman–Crippen LogP) is 3.95. The number of carbonyl (C=O) groups is 1. The van der Waals surface area contributed by atoms with E-state index in [0.29, 0.717) is 12.0 Å². The van der Waals surface area contributed by atoms with E-state index in [1.54, 1.807) is 6.07 Å². The van der Waals surface area contributed by atoms with Crippen molar-refractivity contribution in [1.82, 2.24) is 5.01 Å². The summed E-state index contributed by atoms with van der Waals surface area (Å²) in [5.41, 5.74) is 2.16. The zero-order valence-corrected chi connectivity index (χ0v) is 13.6. The first-order valence-corrected chi connectivity index (χ1v) is 7.71. The Kier molecular flexibility index (Phi) is 4.31. The Labute approximate surface area is 143 Å². The highest BCUT2D eigenvalue weighted by Gasteiger charge is 2.32. The molecule has 24 heavy (non-hydrogen) atoms. The van der Waals surface area contributed by atoms with E-state index in [1.165, 1.54) is 24.1 Å². The summed E-state index contributed by atoms with van der Waals surface area (Å²) in [5, 5.41) is 17.0. The van der Waals surface area contributed by atoms with Crippen molar-refractivity contribution in [3.63, 3.8) is 0 Å². The number of hydrogen-bond donors (Lipinski definition) is 0. The lowest BCUT2D eigenvalue weighted by atomic mass is 9.98. The number of benzene rings is 2. The van der Waals surface area contributed by atoms with Crippen LogP contribution < -0.4 is 0 Å². The second-order valence-corrected chi connectivity index (χ2v) is 5.87. The number of nitro benzene ring substituents is 1. The molecule has 1 atom stereocenters. The third-order valence-corrected chi connectivity index (χ3v) is 4.21. The average molecular weight is 344 g/mol. The van der Waals surface area contributed by atoms with Gasteiger partial charge >= 0.3 is 0 Å². The van der Waals surface area contributed by atoms with E-state index in [1.807, 2.05) is 30.3 Å². The van der Waals surface area contributed by atoms with Crippen molar-refractivity contribution in [3.8, 4) is 0 Å². The molecular formula is C17H14ClN3O3. The van der Waals surface area contributed by atoms with E-state index in [-0.39, 0.29) is 22.7 Å². The molecule has 1 heterocycles. The Hall–Kier alpha value is -2.73. The van der Waals surface area contributed by atoms with Crippen molar-refractivity contribution in [2.24, 2.45) is 5.10 Å². The number of amides is 1. The van der Waals surface area contributed by atoms with Crippen LogP contribution in [0.2, 0.25) is 5.02 Å². The molecule has 2 aromatic carbocycles. The van der Waals surface area contributed by atoms with Crippen LogP contribution in [0.3, 0.4) is 0 Å². The molecule has 0 spiro atoms. The average Bonchev–Trinajstić information content (AvgIpc) is 3.01. The topological polar surface area (TPSA) is 75.8 Å². The summed E-state index contributed by atoms with van der Waals surface area (Å²) in [4.78, 5) is 22.5. The summed E-state index contributed by atoms with van der Waals surface area (Å²) in [6, 6.07) is 13.7. The summed E-state index contributed by atoms with van der Waals surface area (Å²) in [5.74, 6) is -0.219. The van der Waals surface area contributed by atoms with Gasteiger partial charge in [0.25, 0.3) is 5.69 Å². The number of hydrazone groups is 1. The van der Waals surface area contributed by atoms with Crippen LogP contribution in [0, 0.1) is 10.1 Å². The van der Waals surface area contributed by atoms with Crippen molar-refractivity contribution in [2.45, 2.75) is 19.4 Å². The molecule has 0 bridgehead atoms. The van der Waals surface area contributed by atoms with Crippen LogP contribution in [0.25, 0.3) is 0 Å². The molecule has 0 radical (unpaired) electrons. The largest absolute Gasteiger partial charge is 0.288 e. The lowest BCUT2D eigenvalue weighted by molar-refractivity contribution is -0.384. The van der Waals surface area contributed by atoms with Crippen LogP contribution in [0.4, 0.5) is 5.69 Å². The molecule has 0 aromatic heterocycles. The van der Waals surface area contributed by atoms with Gasteiger partial charge in [0.15, 0.2) is 0 Å². The molecule has 0 aliphatic carbocycles. The van der Waals surface area contributed by atoms with Crippen molar-refractivity contribution in [2.75, 3.05) is 0 Å². The normalized spacial score (nSPS) is 16.8. The first-order chi connectivity index (χ1) is 11.5. The third-order valence-electron chi connectivity index (χ3n) is 3.89. The van der Waals surface area contributed by atoms with E-state index in [0.717, 1.165) is 11.3 Å². The zero-order valence-electron chi connectivity index (χ0n) is 12.8. The first kappa shape index (κ1) is 16.1. The molecule has 2 aromatic rings. The smallest absolute Gasteiger partial charge is 0.273 e. The number of nitrogens with zero attached hydrogens (tertiary/aromatic N) is 3. The number of nitro groups is 1. The second kappa shape index (κ2) is 6.41. The maximum atomic E-state index is 12.0. The van der Waals surface area contributed by atoms with E-state index < -0.39 is 4.92 Å². The molecule has 1 aliphatic rings. The minimum absolute atomic E-state index is 0.0697. The maximum Gasteiger partial charge on any atom is 0.288 e. The third kappa shape index (κ3) is 3.00. The Morgan fingerprint density at radius 2 is 2.00 bits per heavy atom. The van der Waals surface area contributed by atoms with E-state index in [2.05, 4.69) is 5.10 Å². The Balaban J connectivity index is 1.98. The van der Waals surface area contributed by atoms with Gasteiger partial charge in [-0.3, -0.25) is 14.9 Å². The highest BCUT2D eigenvalue weighted by molar-refractivity contribution is 6.32. The van der Waals surface area contributed by atoms with Gasteiger partial charge < -0.3 is 0 Å². The fraction of sp³-hybridized carbons (Fsp3) is 0.176. The summed E-state index contributed by atoms with van der Waals surface area (Å²) in [6.45, 7) is 1.43. The fourth-order valence-corrected chi connectivity index (χ4v) is 2.93. The summed E-state index contributed by atoms with van der Waals surface area (Å²) >= 11 is 5.87. The number of halogens is 1. The van der Waals surface area contributed by atoms with Gasteiger partial charge in [-0.2, -0.15) is 5.10 Å². The summed E-state index contributed by atoms with van der Waals surface area (Å²) < 4.78 is 0. The molecule has 0 saturated carbocycles. The molecule has 0 N–H and O–H groups in total. The molecule has 0 saturated heterocycles. The minimum Gasteiger partial charge on any atom is -0.273 e. The molecule has 6 nitrogen and oxygen atoms in total. The molecule has 7 heteroatoms. The second-order valence-electron chi connectivity index (χ2n) is 5.46. The van der Waals surface area contributed by atoms with Gasteiger partial charge in [-0.1, -0.05) is 48.0 Å². The molecule has 1 unspecified atom stereocenters. The zero-order chi connectivity index (χ0) is 17.3. The summed E-state index contributed by atoms with van der Waals surface area (Å²) in [6.07, 6.45) is 0.488. The van der Waals surface area contributed by atoms with Crippen molar-refractivity contribution < 1.29 is 9.72 Å². The molecule has 122 valence electrons. The lowest BCUT2D eigenvalue weighted by Gasteiger charge is -2.20. The predicted molar refractivity (Wildman–Crippen MR) is 91.0 cm³/mol. The molecular weight excluding hydrogens is 330 g/mol. The van der Waals surface area contributed by atoms with Gasteiger partial charge in [-0.15, -0.1) is 0 Å². The van der Waals surface area contributed by atoms with Gasteiger partial charge in [0.2, 0.25) is 5.91 Å². The van der Waals surface area contributed by atoms with Crippen LogP contribution in [0.5, 0.6) is 0 Å². The van der Waals surface area contributed by atoms with Crippen LogP contribution >= 0.6 is 11.6 Å². The van der Waals surface area contributed by atoms with Crippen LogP contribution in [0.1, 0.15) is 30.5 Å². The minimum atomic E-state index is -0.530. The molecule has 1 aliphatic heterocycles. The molecule has 0 fully saturated rings. The SMILES string of the molecule is CC(=O)N1N=C(c2ccccc2)CC1c1ccc(Cl)c([N+](=O)[O-])c1. The number of carbonyl (C=O) groups excluding carboxylic acids is 1. The highest BCUT2D eigenvalue weighted by atomic mass is 35.5. The van der Waals surface area contributed by atoms with E-state index >= 15 is 0 Å². The Morgan fingerprint density at radius 3 is 2.62 bits per heavy atom. The fourth-order valence-electron chi connectivity index (χ4n) is 2.74. The quantitative estimate of drug-likeness (QED) is 0.625. The highest BCUT2D eigenvalue weighted by Crippen LogP contribution is 2.36. The van der Waals surface area contributed by atoms with Crippen molar-refractivity contribution >= 4 is 28.9 Å². The van der Waals surface area contributed by atoms with E-state index in [9.17, 15) is 14.9 Å². The number of hydrogen-bond acceptors (Lipinski definition) is 4. The Bertz CT molecular complexity index is 836. The molecule has 1 amide bonds. The Morgan fingerprint density at radius 1 is 1.29 bits per heavy atom. The standard InChI is InChI=1S/C17H14ClN3O3/c1-11(22)20-16(10-15(19-20)12-5-3-2-4-6-12)13-7-8-14(18)17(9-13)21(23)24/h2-9,16H,10H2,1H3. The monoisotopic (exact) mass is 343 g/mol. The van der Waals surface area contributed by atoms with Crippen molar-refractivity contribution in [1.29, 1.82) is 0 Å². The lowest BCUT2D eigenvalue weighted by Crippen LogP contribution is -2.24. The van der Waals surface area contributed by atoms with Gasteiger partial charge in [-0.05, 0) is 17.2 Å². The summed E-state index contributed by atoms with van der Waals surface area (Å²) in [7, 11) is 0. The van der Waals surface area contributed by atoms with Crippen LogP contribution in [0.15, 0.2) is 53.6 Å². The van der Waals surface area contributed by atoms with Crippen LogP contribution in [-0.4, -0.2) is 21.6 Å². The van der Waals surface area contributed by atoms with Crippen molar-refractivity contribution in [3.05, 3.63) is 74.8 Å². The maximum absolute atomic E-state index is 12.0. The van der Waals surface area contributed by atoms with E-state index in [4.69, 9.17) is 11.6 Å². The van der Waals surface area contributed by atoms with Gasteiger partial charge in [0.1, 0.15) is 5.02 Å². The van der Waals surface area contributed by atoms with Crippen LogP contribution in [-0.2, 0) is 4.79 Å². The number of rotatable bonds is 3. The molecule has 3 rings (SSSR count). The van der Waals surface area contributed by atoms with Gasteiger partial charge in [-0.25, -0.2) is 5.01 Å². The van der Waals surface area contributed by atoms with Gasteiger partial charge in [0.05, 0.1) is 16.7 Å². The first-order valence-electron chi connectivity index (χ1n) is 7.34.